The fraction of sp³-hybridized carbons (Fsp3) is 0.208. The molecule has 0 aliphatic heterocycles. The first-order valence-electron chi connectivity index (χ1n) is 9.95. The summed E-state index contributed by atoms with van der Waals surface area (Å²) in [6, 6.07) is 18.1. The third kappa shape index (κ3) is 6.79. The minimum Gasteiger partial charge on any atom is -0.484 e. The summed E-state index contributed by atoms with van der Waals surface area (Å²) < 4.78 is 10.8. The number of nitrogens with zero attached hydrogens (tertiary/aromatic N) is 1. The number of benzene rings is 2. The van der Waals surface area contributed by atoms with Crippen LogP contribution in [0.2, 0.25) is 0 Å². The van der Waals surface area contributed by atoms with Crippen molar-refractivity contribution in [1.29, 1.82) is 0 Å². The van der Waals surface area contributed by atoms with Gasteiger partial charge in [-0.15, -0.1) is 11.3 Å². The molecule has 6 nitrogen and oxygen atoms in total. The Bertz CT molecular complexity index is 1010. The maximum absolute atomic E-state index is 11.9. The smallest absolute Gasteiger partial charge is 0.353 e. The molecule has 0 saturated carbocycles. The highest BCUT2D eigenvalue weighted by Gasteiger charge is 2.09. The van der Waals surface area contributed by atoms with E-state index in [1.807, 2.05) is 29.6 Å². The monoisotopic (exact) mass is 436 g/mol. The predicted octanol–water partition coefficient (Wildman–Crippen LogP) is 5.01. The molecule has 0 fully saturated rings. The molecule has 1 heterocycles. The van der Waals surface area contributed by atoms with Crippen LogP contribution in [0.1, 0.15) is 47.0 Å². The molecule has 1 amide bonds. The lowest BCUT2D eigenvalue weighted by molar-refractivity contribution is -0.123. The molecular formula is C24H24N2O4S. The molecule has 160 valence electrons. The highest BCUT2D eigenvalue weighted by atomic mass is 32.1. The standard InChI is InChI=1S/C24H24N2O4S/c1-3-17(2)19-8-12-20(13-9-19)29-16-23(27)26-25-15-18-6-10-21(11-7-18)30-24(28)22-5-4-14-31-22/h4-15,17H,3,16H2,1-2H3,(H,26,27)/b25-15-. The van der Waals surface area contributed by atoms with E-state index < -0.39 is 5.97 Å². The van der Waals surface area contributed by atoms with Gasteiger partial charge >= 0.3 is 5.97 Å². The first-order valence-corrected chi connectivity index (χ1v) is 10.8. The van der Waals surface area contributed by atoms with Gasteiger partial charge in [0.2, 0.25) is 0 Å². The van der Waals surface area contributed by atoms with Crippen LogP contribution >= 0.6 is 11.3 Å². The summed E-state index contributed by atoms with van der Waals surface area (Å²) in [5, 5.41) is 5.74. The van der Waals surface area contributed by atoms with E-state index in [2.05, 4.69) is 24.4 Å². The number of esters is 1. The van der Waals surface area contributed by atoms with Crippen molar-refractivity contribution in [2.24, 2.45) is 5.10 Å². The molecule has 0 bridgehead atoms. The zero-order valence-electron chi connectivity index (χ0n) is 17.4. The first-order chi connectivity index (χ1) is 15.0. The van der Waals surface area contributed by atoms with Crippen LogP contribution in [0.3, 0.4) is 0 Å². The van der Waals surface area contributed by atoms with Crippen molar-refractivity contribution in [3.8, 4) is 11.5 Å². The molecule has 3 rings (SSSR count). The highest BCUT2D eigenvalue weighted by molar-refractivity contribution is 7.12. The minimum atomic E-state index is -0.391. The van der Waals surface area contributed by atoms with E-state index in [9.17, 15) is 9.59 Å². The van der Waals surface area contributed by atoms with Gasteiger partial charge in [-0.1, -0.05) is 32.0 Å². The van der Waals surface area contributed by atoms with Gasteiger partial charge < -0.3 is 9.47 Å². The van der Waals surface area contributed by atoms with Gasteiger partial charge in [-0.3, -0.25) is 4.79 Å². The largest absolute Gasteiger partial charge is 0.484 e. The van der Waals surface area contributed by atoms with Crippen molar-refractivity contribution < 1.29 is 19.1 Å². The van der Waals surface area contributed by atoms with Crippen molar-refractivity contribution in [2.75, 3.05) is 6.61 Å². The fourth-order valence-electron chi connectivity index (χ4n) is 2.66. The number of hydrogen-bond acceptors (Lipinski definition) is 6. The maximum Gasteiger partial charge on any atom is 0.353 e. The Kier molecular flexibility index (Phi) is 7.95. The molecule has 0 spiro atoms. The second-order valence-electron chi connectivity index (χ2n) is 6.90. The second kappa shape index (κ2) is 11.1. The van der Waals surface area contributed by atoms with Gasteiger partial charge in [0.25, 0.3) is 5.91 Å². The van der Waals surface area contributed by atoms with Gasteiger partial charge in [0.1, 0.15) is 16.4 Å². The van der Waals surface area contributed by atoms with Crippen LogP contribution in [0.25, 0.3) is 0 Å². The van der Waals surface area contributed by atoms with Crippen molar-refractivity contribution in [3.63, 3.8) is 0 Å². The molecule has 31 heavy (non-hydrogen) atoms. The van der Waals surface area contributed by atoms with Crippen LogP contribution in [0.5, 0.6) is 11.5 Å². The van der Waals surface area contributed by atoms with Gasteiger partial charge in [-0.25, -0.2) is 10.2 Å². The quantitative estimate of drug-likeness (QED) is 0.221. The number of thiophene rings is 1. The molecule has 1 atom stereocenters. The van der Waals surface area contributed by atoms with E-state index in [0.29, 0.717) is 22.3 Å². The zero-order valence-corrected chi connectivity index (χ0v) is 18.2. The summed E-state index contributed by atoms with van der Waals surface area (Å²) in [6.07, 6.45) is 2.58. The van der Waals surface area contributed by atoms with Crippen LogP contribution in [-0.2, 0) is 4.79 Å². The number of nitrogens with one attached hydrogen (secondary N) is 1. The Labute approximate surface area is 185 Å². The van der Waals surface area contributed by atoms with Crippen molar-refractivity contribution in [2.45, 2.75) is 26.2 Å². The van der Waals surface area contributed by atoms with Gasteiger partial charge in [0.05, 0.1) is 6.21 Å². The Hall–Kier alpha value is -3.45. The zero-order chi connectivity index (χ0) is 22.1. The lowest BCUT2D eigenvalue weighted by atomic mass is 9.99. The summed E-state index contributed by atoms with van der Waals surface area (Å²) in [4.78, 5) is 24.4. The molecular weight excluding hydrogens is 412 g/mol. The predicted molar refractivity (Wildman–Crippen MR) is 122 cm³/mol. The van der Waals surface area contributed by atoms with Gasteiger partial charge in [0.15, 0.2) is 6.61 Å². The first kappa shape index (κ1) is 22.2. The SMILES string of the molecule is CCC(C)c1ccc(OCC(=O)N/N=C\c2ccc(OC(=O)c3cccs3)cc2)cc1. The highest BCUT2D eigenvalue weighted by Crippen LogP contribution is 2.21. The average Bonchev–Trinajstić information content (AvgIpc) is 3.34. The normalized spacial score (nSPS) is 11.8. The number of hydrogen-bond donors (Lipinski definition) is 1. The van der Waals surface area contributed by atoms with Crippen molar-refractivity contribution in [3.05, 3.63) is 82.0 Å². The molecule has 0 radical (unpaired) electrons. The summed E-state index contributed by atoms with van der Waals surface area (Å²) in [5.41, 5.74) is 4.42. The maximum atomic E-state index is 11.9. The Balaban J connectivity index is 1.42. The number of rotatable bonds is 9. The Morgan fingerprint density at radius 1 is 1.06 bits per heavy atom. The van der Waals surface area contributed by atoms with Crippen molar-refractivity contribution in [1.82, 2.24) is 5.43 Å². The molecule has 2 aromatic carbocycles. The van der Waals surface area contributed by atoms with Crippen LogP contribution in [0, 0.1) is 0 Å². The summed E-state index contributed by atoms with van der Waals surface area (Å²) in [6.45, 7) is 4.19. The number of carbonyl (C=O) groups is 2. The molecule has 7 heteroatoms. The average molecular weight is 437 g/mol. The Morgan fingerprint density at radius 2 is 1.77 bits per heavy atom. The summed E-state index contributed by atoms with van der Waals surface area (Å²) >= 11 is 1.33. The van der Waals surface area contributed by atoms with Crippen LogP contribution in [0.4, 0.5) is 0 Å². The molecule has 3 aromatic rings. The van der Waals surface area contributed by atoms with Gasteiger partial charge in [0, 0.05) is 0 Å². The summed E-state index contributed by atoms with van der Waals surface area (Å²) in [7, 11) is 0. The third-order valence-electron chi connectivity index (χ3n) is 4.65. The van der Waals surface area contributed by atoms with Crippen molar-refractivity contribution >= 4 is 29.4 Å². The number of amides is 1. The van der Waals surface area contributed by atoms with E-state index in [1.54, 1.807) is 36.4 Å². The van der Waals surface area contributed by atoms with E-state index in [0.717, 1.165) is 12.0 Å². The number of hydrazone groups is 1. The van der Waals surface area contributed by atoms with Gasteiger partial charge in [-0.05, 0) is 71.3 Å². The lowest BCUT2D eigenvalue weighted by Crippen LogP contribution is -2.24. The Morgan fingerprint density at radius 3 is 2.42 bits per heavy atom. The third-order valence-corrected chi connectivity index (χ3v) is 5.50. The topological polar surface area (TPSA) is 77.0 Å². The van der Waals surface area contributed by atoms with Gasteiger partial charge in [-0.2, -0.15) is 5.10 Å². The van der Waals surface area contributed by atoms with E-state index in [4.69, 9.17) is 9.47 Å². The minimum absolute atomic E-state index is 0.127. The second-order valence-corrected chi connectivity index (χ2v) is 7.84. The lowest BCUT2D eigenvalue weighted by Gasteiger charge is -2.10. The molecule has 0 saturated heterocycles. The van der Waals surface area contributed by atoms with E-state index in [-0.39, 0.29) is 12.5 Å². The fourth-order valence-corrected chi connectivity index (χ4v) is 3.26. The van der Waals surface area contributed by atoms with Crippen LogP contribution < -0.4 is 14.9 Å². The molecule has 1 N–H and O–H groups in total. The molecule has 0 aliphatic carbocycles. The number of ether oxygens (including phenoxy) is 2. The summed E-state index contributed by atoms with van der Waals surface area (Å²) in [5.74, 6) is 0.821. The van der Waals surface area contributed by atoms with Crippen LogP contribution in [-0.4, -0.2) is 24.7 Å². The van der Waals surface area contributed by atoms with Crippen LogP contribution in [0.15, 0.2) is 71.1 Å². The molecule has 1 unspecified atom stereocenters. The molecule has 0 aliphatic rings. The van der Waals surface area contributed by atoms with E-state index >= 15 is 0 Å². The number of carbonyl (C=O) groups excluding carboxylic acids is 2. The molecule has 1 aromatic heterocycles. The van der Waals surface area contributed by atoms with E-state index in [1.165, 1.54) is 23.1 Å².